The van der Waals surface area contributed by atoms with Gasteiger partial charge in [-0.25, -0.2) is 0 Å². The molecule has 0 saturated carbocycles. The van der Waals surface area contributed by atoms with Gasteiger partial charge in [0.25, 0.3) is 5.69 Å². The molecule has 0 bridgehead atoms. The van der Waals surface area contributed by atoms with Crippen molar-refractivity contribution in [1.29, 1.82) is 0 Å². The Kier molecular flexibility index (Phi) is 5.46. The number of benzene rings is 2. The molecule has 130 valence electrons. The van der Waals surface area contributed by atoms with E-state index in [2.05, 4.69) is 42.2 Å². The van der Waals surface area contributed by atoms with Crippen molar-refractivity contribution < 1.29 is 9.82 Å². The molecule has 0 atom stereocenters. The summed E-state index contributed by atoms with van der Waals surface area (Å²) in [6.45, 7) is 7.37. The van der Waals surface area contributed by atoms with Crippen molar-refractivity contribution in [2.45, 2.75) is 6.92 Å². The van der Waals surface area contributed by atoms with E-state index < -0.39 is 0 Å². The van der Waals surface area contributed by atoms with Gasteiger partial charge in [0, 0.05) is 17.8 Å². The van der Waals surface area contributed by atoms with Crippen LogP contribution in [0, 0.1) is 10.1 Å². The van der Waals surface area contributed by atoms with E-state index in [4.69, 9.17) is 0 Å². The molecule has 2 aromatic carbocycles. The van der Waals surface area contributed by atoms with Crippen LogP contribution >= 0.6 is 0 Å². The van der Waals surface area contributed by atoms with Crippen LogP contribution in [0.4, 0.5) is 11.4 Å². The zero-order valence-electron chi connectivity index (χ0n) is 14.5. The highest BCUT2D eigenvalue weighted by Gasteiger charge is 2.20. The molecule has 0 amide bonds. The maximum atomic E-state index is 10.7. The summed E-state index contributed by atoms with van der Waals surface area (Å²) in [5.74, 6) is 0. The van der Waals surface area contributed by atoms with Crippen LogP contribution in [0.5, 0.6) is 0 Å². The summed E-state index contributed by atoms with van der Waals surface area (Å²) in [5, 5.41) is 10.7. The second-order valence-electron chi connectivity index (χ2n) is 6.59. The molecule has 0 aliphatic carbocycles. The summed E-state index contributed by atoms with van der Waals surface area (Å²) in [6, 6.07) is 17.3. The summed E-state index contributed by atoms with van der Waals surface area (Å²) in [6.07, 6.45) is 2.26. The summed E-state index contributed by atoms with van der Waals surface area (Å²) in [7, 11) is 0. The van der Waals surface area contributed by atoms with Gasteiger partial charge in [-0.1, -0.05) is 36.4 Å². The van der Waals surface area contributed by atoms with Gasteiger partial charge in [-0.05, 0) is 30.2 Å². The third kappa shape index (κ3) is 4.67. The Labute approximate surface area is 148 Å². The van der Waals surface area contributed by atoms with E-state index >= 15 is 0 Å². The molecule has 5 nitrogen and oxygen atoms in total. The molecule has 1 fully saturated rings. The predicted octanol–water partition coefficient (Wildman–Crippen LogP) is 2.40. The van der Waals surface area contributed by atoms with E-state index in [-0.39, 0.29) is 10.6 Å². The average molecular weight is 338 g/mol. The SMILES string of the molecule is C/C(=C\c1ccccc1)C[NH+]1CCN(c2ccc([N+](=O)[O-])cc2)CC1. The van der Waals surface area contributed by atoms with Gasteiger partial charge in [0.2, 0.25) is 0 Å². The highest BCUT2D eigenvalue weighted by atomic mass is 16.6. The molecule has 25 heavy (non-hydrogen) atoms. The van der Waals surface area contributed by atoms with Crippen LogP contribution in [-0.4, -0.2) is 37.6 Å². The number of hydrogen-bond acceptors (Lipinski definition) is 3. The Bertz CT molecular complexity index is 733. The normalized spacial score (nSPS) is 16.0. The summed E-state index contributed by atoms with van der Waals surface area (Å²) >= 11 is 0. The van der Waals surface area contributed by atoms with Crippen molar-refractivity contribution >= 4 is 17.5 Å². The molecule has 2 aromatic rings. The summed E-state index contributed by atoms with van der Waals surface area (Å²) in [5.41, 5.74) is 3.87. The third-order valence-corrected chi connectivity index (χ3v) is 4.64. The quantitative estimate of drug-likeness (QED) is 0.673. The van der Waals surface area contributed by atoms with E-state index in [9.17, 15) is 10.1 Å². The zero-order valence-corrected chi connectivity index (χ0v) is 14.5. The highest BCUT2D eigenvalue weighted by molar-refractivity contribution is 5.52. The average Bonchev–Trinajstić information content (AvgIpc) is 2.63. The van der Waals surface area contributed by atoms with Gasteiger partial charge in [-0.2, -0.15) is 0 Å². The molecule has 0 aromatic heterocycles. The number of nitrogens with zero attached hydrogens (tertiary/aromatic N) is 2. The number of quaternary nitrogens is 1. The van der Waals surface area contributed by atoms with Crippen molar-refractivity contribution in [2.24, 2.45) is 0 Å². The van der Waals surface area contributed by atoms with Gasteiger partial charge in [0.05, 0.1) is 37.6 Å². The highest BCUT2D eigenvalue weighted by Crippen LogP contribution is 2.19. The first kappa shape index (κ1) is 17.2. The summed E-state index contributed by atoms with van der Waals surface area (Å²) in [4.78, 5) is 14.3. The monoisotopic (exact) mass is 338 g/mol. The fraction of sp³-hybridized carbons (Fsp3) is 0.300. The Morgan fingerprint density at radius 2 is 1.76 bits per heavy atom. The van der Waals surface area contributed by atoms with Gasteiger partial charge >= 0.3 is 0 Å². The van der Waals surface area contributed by atoms with E-state index in [1.807, 2.05) is 18.2 Å². The molecule has 0 unspecified atom stereocenters. The topological polar surface area (TPSA) is 50.8 Å². The molecule has 1 heterocycles. The number of anilines is 1. The molecule has 0 spiro atoms. The first-order valence-electron chi connectivity index (χ1n) is 8.67. The molecule has 0 radical (unpaired) electrons. The van der Waals surface area contributed by atoms with E-state index in [0.29, 0.717) is 0 Å². The van der Waals surface area contributed by atoms with Gasteiger partial charge < -0.3 is 9.80 Å². The number of non-ortho nitro benzene ring substituents is 1. The van der Waals surface area contributed by atoms with Crippen molar-refractivity contribution in [3.8, 4) is 0 Å². The van der Waals surface area contributed by atoms with Crippen LogP contribution < -0.4 is 9.80 Å². The largest absolute Gasteiger partial charge is 0.360 e. The first-order valence-corrected chi connectivity index (χ1v) is 8.67. The smallest absolute Gasteiger partial charge is 0.269 e. The minimum Gasteiger partial charge on any atom is -0.360 e. The van der Waals surface area contributed by atoms with Crippen LogP contribution in [0.25, 0.3) is 6.08 Å². The maximum absolute atomic E-state index is 10.7. The lowest BCUT2D eigenvalue weighted by Crippen LogP contribution is -3.15. The lowest BCUT2D eigenvalue weighted by atomic mass is 10.1. The van der Waals surface area contributed by atoms with Crippen LogP contribution in [-0.2, 0) is 0 Å². The second-order valence-corrected chi connectivity index (χ2v) is 6.59. The van der Waals surface area contributed by atoms with Crippen molar-refractivity contribution in [3.05, 3.63) is 75.8 Å². The van der Waals surface area contributed by atoms with Crippen LogP contribution in [0.1, 0.15) is 12.5 Å². The molecular formula is C20H24N3O2+. The first-order chi connectivity index (χ1) is 12.1. The molecule has 5 heteroatoms. The molecular weight excluding hydrogens is 314 g/mol. The van der Waals surface area contributed by atoms with Gasteiger partial charge in [0.15, 0.2) is 0 Å². The molecule has 3 rings (SSSR count). The van der Waals surface area contributed by atoms with E-state index in [1.54, 1.807) is 17.0 Å². The Hall–Kier alpha value is -2.66. The van der Waals surface area contributed by atoms with Crippen LogP contribution in [0.15, 0.2) is 60.2 Å². The fourth-order valence-corrected chi connectivity index (χ4v) is 3.32. The fourth-order valence-electron chi connectivity index (χ4n) is 3.32. The van der Waals surface area contributed by atoms with E-state index in [1.165, 1.54) is 11.1 Å². The van der Waals surface area contributed by atoms with Crippen molar-refractivity contribution in [3.63, 3.8) is 0 Å². The van der Waals surface area contributed by atoms with Crippen LogP contribution in [0.2, 0.25) is 0 Å². The zero-order chi connectivity index (χ0) is 17.6. The van der Waals surface area contributed by atoms with Gasteiger partial charge in [0.1, 0.15) is 0 Å². The third-order valence-electron chi connectivity index (χ3n) is 4.64. The number of hydrogen-bond donors (Lipinski definition) is 1. The Balaban J connectivity index is 1.53. The second kappa shape index (κ2) is 7.94. The Morgan fingerprint density at radius 3 is 2.36 bits per heavy atom. The number of rotatable bonds is 5. The minimum atomic E-state index is -0.353. The number of piperazine rings is 1. The van der Waals surface area contributed by atoms with Crippen molar-refractivity contribution in [2.75, 3.05) is 37.6 Å². The maximum Gasteiger partial charge on any atom is 0.269 e. The minimum absolute atomic E-state index is 0.148. The van der Waals surface area contributed by atoms with Gasteiger partial charge in [-0.15, -0.1) is 0 Å². The molecule has 1 aliphatic heterocycles. The lowest BCUT2D eigenvalue weighted by molar-refractivity contribution is -0.895. The number of nitrogens with one attached hydrogen (secondary N) is 1. The van der Waals surface area contributed by atoms with Crippen molar-refractivity contribution in [1.82, 2.24) is 0 Å². The lowest BCUT2D eigenvalue weighted by Gasteiger charge is -2.33. The van der Waals surface area contributed by atoms with E-state index in [0.717, 1.165) is 38.4 Å². The van der Waals surface area contributed by atoms with Gasteiger partial charge in [-0.3, -0.25) is 10.1 Å². The molecule has 1 saturated heterocycles. The van der Waals surface area contributed by atoms with Crippen LogP contribution in [0.3, 0.4) is 0 Å². The summed E-state index contributed by atoms with van der Waals surface area (Å²) < 4.78 is 0. The predicted molar refractivity (Wildman–Crippen MR) is 101 cm³/mol. The molecule has 1 N–H and O–H groups in total. The number of nitro benzene ring substituents is 1. The standard InChI is InChI=1S/C20H23N3O2/c1-17(15-18-5-3-2-4-6-18)16-21-11-13-22(14-12-21)19-7-9-20(10-8-19)23(24)25/h2-10,15H,11-14,16H2,1H3/p+1/b17-15+. The Morgan fingerprint density at radius 1 is 1.12 bits per heavy atom. The molecule has 1 aliphatic rings. The number of nitro groups is 1.